The normalized spacial score (nSPS) is 14.2. The van der Waals surface area contributed by atoms with E-state index in [9.17, 15) is 10.0 Å². The Morgan fingerprint density at radius 1 is 0.796 bits per heavy atom. The van der Waals surface area contributed by atoms with Crippen LogP contribution in [0.1, 0.15) is 75.8 Å². The molecule has 6 aromatic rings. The molecule has 6 nitrogen and oxygen atoms in total. The van der Waals surface area contributed by atoms with Crippen LogP contribution in [-0.4, -0.2) is 41.6 Å². The first-order valence-electron chi connectivity index (χ1n) is 17.4. The summed E-state index contributed by atoms with van der Waals surface area (Å²) >= 11 is 0. The van der Waals surface area contributed by atoms with E-state index in [1.54, 1.807) is 7.11 Å². The lowest BCUT2D eigenvalue weighted by Gasteiger charge is -2.23. The van der Waals surface area contributed by atoms with Gasteiger partial charge in [-0.2, -0.15) is 0 Å². The number of fused-ring (bicyclic) bond motifs is 5. The number of nitrogens with zero attached hydrogens (tertiary/aromatic N) is 2. The van der Waals surface area contributed by atoms with Gasteiger partial charge in [0.15, 0.2) is 5.78 Å². The Kier molecular flexibility index (Phi) is 9.24. The number of hydrogen-bond donors (Lipinski definition) is 1. The van der Waals surface area contributed by atoms with Crippen LogP contribution in [0, 0.1) is 26.7 Å². The first-order valence-corrected chi connectivity index (χ1v) is 17.4. The summed E-state index contributed by atoms with van der Waals surface area (Å²) in [5, 5.41) is 18.4. The van der Waals surface area contributed by atoms with Crippen molar-refractivity contribution in [3.8, 4) is 5.75 Å². The third-order valence-electron chi connectivity index (χ3n) is 10.2. The number of carbonyl (C=O) groups is 1. The van der Waals surface area contributed by atoms with Crippen molar-refractivity contribution in [1.82, 2.24) is 4.57 Å². The van der Waals surface area contributed by atoms with Crippen LogP contribution in [0.25, 0.3) is 32.6 Å². The zero-order valence-corrected chi connectivity index (χ0v) is 28.9. The smallest absolute Gasteiger partial charge is 0.194 e. The van der Waals surface area contributed by atoms with Crippen LogP contribution in [0.2, 0.25) is 0 Å². The van der Waals surface area contributed by atoms with Gasteiger partial charge in [-0.3, -0.25) is 4.79 Å². The number of hydrogen-bond acceptors (Lipinski definition) is 5. The zero-order chi connectivity index (χ0) is 34.1. The molecule has 0 radical (unpaired) electrons. The van der Waals surface area contributed by atoms with Crippen molar-refractivity contribution in [3.05, 3.63) is 124 Å². The number of ketones is 1. The van der Waals surface area contributed by atoms with Crippen LogP contribution in [-0.2, 0) is 11.3 Å². The number of ether oxygens (including phenoxy) is 2. The van der Waals surface area contributed by atoms with Crippen molar-refractivity contribution in [2.45, 2.75) is 59.4 Å². The second kappa shape index (κ2) is 13.9. The molecule has 0 aliphatic heterocycles. The maximum absolute atomic E-state index is 14.6. The van der Waals surface area contributed by atoms with Gasteiger partial charge in [0.25, 0.3) is 0 Å². The summed E-state index contributed by atoms with van der Waals surface area (Å²) in [7, 11) is 1.64. The van der Waals surface area contributed by atoms with E-state index < -0.39 is 0 Å². The van der Waals surface area contributed by atoms with Crippen LogP contribution in [0.3, 0.4) is 0 Å². The highest BCUT2D eigenvalue weighted by molar-refractivity contribution is 6.27. The fraction of sp³-hybridized carbons (Fsp3) is 0.302. The van der Waals surface area contributed by atoms with Gasteiger partial charge in [-0.05, 0) is 86.4 Å². The zero-order valence-electron chi connectivity index (χ0n) is 28.9. The lowest BCUT2D eigenvalue weighted by Crippen LogP contribution is -2.14. The van der Waals surface area contributed by atoms with Crippen molar-refractivity contribution in [2.24, 2.45) is 11.1 Å². The van der Waals surface area contributed by atoms with Gasteiger partial charge in [-0.25, -0.2) is 0 Å². The molecule has 1 aliphatic carbocycles. The molecule has 0 spiro atoms. The molecule has 0 amide bonds. The van der Waals surface area contributed by atoms with E-state index in [0.29, 0.717) is 41.7 Å². The predicted molar refractivity (Wildman–Crippen MR) is 199 cm³/mol. The molecule has 49 heavy (non-hydrogen) atoms. The maximum atomic E-state index is 14.6. The summed E-state index contributed by atoms with van der Waals surface area (Å²) in [6.07, 6.45) is 6.28. The average molecular weight is 653 g/mol. The quantitative estimate of drug-likeness (QED) is 0.0526. The van der Waals surface area contributed by atoms with E-state index in [1.165, 1.54) is 32.1 Å². The molecule has 0 atom stereocenters. The molecule has 0 saturated heterocycles. The Bertz CT molecular complexity index is 2200. The summed E-state index contributed by atoms with van der Waals surface area (Å²) in [4.78, 5) is 14.6. The van der Waals surface area contributed by atoms with E-state index in [2.05, 4.69) is 65.2 Å². The van der Waals surface area contributed by atoms with Crippen LogP contribution < -0.4 is 4.74 Å². The monoisotopic (exact) mass is 652 g/mol. The van der Waals surface area contributed by atoms with E-state index >= 15 is 0 Å². The van der Waals surface area contributed by atoms with Gasteiger partial charge in [0.2, 0.25) is 0 Å². The summed E-state index contributed by atoms with van der Waals surface area (Å²) in [6.45, 7) is 7.88. The largest absolute Gasteiger partial charge is 0.490 e. The number of aromatic nitrogens is 1. The Morgan fingerprint density at radius 2 is 1.51 bits per heavy atom. The fourth-order valence-electron chi connectivity index (χ4n) is 8.08. The first-order chi connectivity index (χ1) is 23.9. The van der Waals surface area contributed by atoms with E-state index in [0.717, 1.165) is 66.9 Å². The Balaban J connectivity index is 1.47. The second-order valence-electron chi connectivity index (χ2n) is 13.6. The van der Waals surface area contributed by atoms with E-state index in [4.69, 9.17) is 9.47 Å². The minimum atomic E-state index is 0.0391. The molecule has 6 heteroatoms. The van der Waals surface area contributed by atoms with Gasteiger partial charge in [0.1, 0.15) is 18.1 Å². The number of carbonyl (C=O) groups excluding carboxylic acids is 1. The molecule has 1 saturated carbocycles. The molecular weight excluding hydrogens is 608 g/mol. The van der Waals surface area contributed by atoms with Gasteiger partial charge in [0, 0.05) is 57.6 Å². The minimum absolute atomic E-state index is 0.0391. The predicted octanol–water partition coefficient (Wildman–Crippen LogP) is 9.94. The van der Waals surface area contributed by atoms with Gasteiger partial charge in [0.05, 0.1) is 12.1 Å². The van der Waals surface area contributed by atoms with Crippen LogP contribution in [0.5, 0.6) is 5.75 Å². The molecule has 7 rings (SSSR count). The molecular formula is C43H44N2O4. The van der Waals surface area contributed by atoms with Crippen LogP contribution in [0.15, 0.2) is 90.1 Å². The van der Waals surface area contributed by atoms with Crippen LogP contribution >= 0.6 is 0 Å². The van der Waals surface area contributed by atoms with Gasteiger partial charge >= 0.3 is 0 Å². The fourth-order valence-corrected chi connectivity index (χ4v) is 8.08. The molecule has 1 fully saturated rings. The summed E-state index contributed by atoms with van der Waals surface area (Å²) in [5.74, 6) is 1.25. The van der Waals surface area contributed by atoms with Gasteiger partial charge in [-0.15, -0.1) is 0 Å². The number of oxime groups is 1. The molecule has 1 N–H and O–H groups in total. The molecule has 1 heterocycles. The number of methoxy groups -OCH3 is 1. The summed E-state index contributed by atoms with van der Waals surface area (Å²) in [6, 6.07) is 28.6. The molecule has 250 valence electrons. The van der Waals surface area contributed by atoms with Crippen molar-refractivity contribution in [2.75, 3.05) is 20.3 Å². The van der Waals surface area contributed by atoms with Gasteiger partial charge < -0.3 is 19.2 Å². The Morgan fingerprint density at radius 3 is 2.24 bits per heavy atom. The number of rotatable bonds is 10. The first kappa shape index (κ1) is 32.6. The topological polar surface area (TPSA) is 73.1 Å². The standard InChI is InChI=1S/C43H44N2O4/c1-27-22-28(2)40(29(3)23-27)43(46)37-25-36-35-24-31(41(44-47)34-16-10-11-17-39(34)49-21-20-48-4)18-19-38(35)45(26-30-12-6-5-7-13-30)42(36)33-15-9-8-14-32(33)37/h8-11,14-19,22-25,30,47H,5-7,12-13,20-21,26H2,1-4H3/b44-41+. The molecule has 1 aromatic heterocycles. The van der Waals surface area contributed by atoms with Crippen molar-refractivity contribution in [1.29, 1.82) is 0 Å². The highest BCUT2D eigenvalue weighted by Gasteiger charge is 2.25. The van der Waals surface area contributed by atoms with Crippen molar-refractivity contribution in [3.63, 3.8) is 0 Å². The summed E-state index contributed by atoms with van der Waals surface area (Å²) in [5.41, 5.74) is 8.74. The second-order valence-corrected chi connectivity index (χ2v) is 13.6. The highest BCUT2D eigenvalue weighted by atomic mass is 16.5. The summed E-state index contributed by atoms with van der Waals surface area (Å²) < 4.78 is 13.7. The number of benzene rings is 5. The third-order valence-corrected chi connectivity index (χ3v) is 10.2. The van der Waals surface area contributed by atoms with Crippen molar-refractivity contribution < 1.29 is 19.5 Å². The van der Waals surface area contributed by atoms with E-state index in [1.807, 2.05) is 50.2 Å². The van der Waals surface area contributed by atoms with Crippen molar-refractivity contribution >= 4 is 44.1 Å². The lowest BCUT2D eigenvalue weighted by atomic mass is 9.89. The molecule has 5 aromatic carbocycles. The Hall–Kier alpha value is -4.94. The number of para-hydroxylation sites is 1. The van der Waals surface area contributed by atoms with E-state index in [-0.39, 0.29) is 5.78 Å². The van der Waals surface area contributed by atoms with Gasteiger partial charge in [-0.1, -0.05) is 84.6 Å². The molecule has 0 bridgehead atoms. The number of aryl methyl sites for hydroxylation is 3. The lowest BCUT2D eigenvalue weighted by molar-refractivity contribution is 0.103. The maximum Gasteiger partial charge on any atom is 0.194 e. The third kappa shape index (κ3) is 6.10. The minimum Gasteiger partial charge on any atom is -0.490 e. The average Bonchev–Trinajstić information content (AvgIpc) is 3.41. The SMILES string of the molecule is COCCOc1ccccc1/C(=N/O)c1ccc2c(c1)c1cc(C(=O)c3c(C)cc(C)cc3C)c3ccccc3c1n2CC1CCCCC1. The van der Waals surface area contributed by atoms with Crippen LogP contribution in [0.4, 0.5) is 0 Å². The Labute approximate surface area is 288 Å². The molecule has 0 unspecified atom stereocenters. The molecule has 1 aliphatic rings. The highest BCUT2D eigenvalue weighted by Crippen LogP contribution is 2.40.